The van der Waals surface area contributed by atoms with E-state index in [2.05, 4.69) is 19.9 Å². The Balaban J connectivity index is 3.56. The molecule has 3 atom stereocenters. The van der Waals surface area contributed by atoms with Crippen LogP contribution in [0.25, 0.3) is 0 Å². The van der Waals surface area contributed by atoms with Crippen LogP contribution in [0.15, 0.2) is 0 Å². The summed E-state index contributed by atoms with van der Waals surface area (Å²) in [5.41, 5.74) is 5.45. The zero-order chi connectivity index (χ0) is 11.7. The van der Waals surface area contributed by atoms with Crippen molar-refractivity contribution in [3.8, 4) is 6.07 Å². The lowest BCUT2D eigenvalue weighted by Gasteiger charge is -2.18. The van der Waals surface area contributed by atoms with Crippen LogP contribution >= 0.6 is 0 Å². The summed E-state index contributed by atoms with van der Waals surface area (Å²) < 4.78 is 0. The Morgan fingerprint density at radius 2 is 1.80 bits per heavy atom. The van der Waals surface area contributed by atoms with Gasteiger partial charge in [-0.15, -0.1) is 0 Å². The van der Waals surface area contributed by atoms with Gasteiger partial charge in [0.2, 0.25) is 0 Å². The molecule has 0 bridgehead atoms. The molecule has 0 aliphatic heterocycles. The molecule has 88 valence electrons. The van der Waals surface area contributed by atoms with Gasteiger partial charge in [-0.2, -0.15) is 5.26 Å². The second-order valence-corrected chi connectivity index (χ2v) is 4.87. The van der Waals surface area contributed by atoms with Crippen molar-refractivity contribution < 1.29 is 0 Å². The maximum Gasteiger partial charge on any atom is 0.0655 e. The highest BCUT2D eigenvalue weighted by Gasteiger charge is 2.14. The first-order valence-electron chi connectivity index (χ1n) is 6.21. The van der Waals surface area contributed by atoms with Crippen LogP contribution in [0, 0.1) is 29.1 Å². The Morgan fingerprint density at radius 3 is 2.33 bits per heavy atom. The molecule has 0 aromatic carbocycles. The molecule has 0 saturated carbocycles. The maximum absolute atomic E-state index is 8.80. The van der Waals surface area contributed by atoms with Crippen molar-refractivity contribution >= 4 is 0 Å². The number of nitrogens with zero attached hydrogens (tertiary/aromatic N) is 1. The van der Waals surface area contributed by atoms with Gasteiger partial charge in [-0.05, 0) is 38.1 Å². The summed E-state index contributed by atoms with van der Waals surface area (Å²) in [5, 5.41) is 8.80. The van der Waals surface area contributed by atoms with E-state index in [0.29, 0.717) is 5.92 Å². The molecule has 0 aliphatic carbocycles. The first kappa shape index (κ1) is 14.5. The van der Waals surface area contributed by atoms with E-state index in [9.17, 15) is 0 Å². The Labute approximate surface area is 94.9 Å². The zero-order valence-corrected chi connectivity index (χ0v) is 10.5. The average Bonchev–Trinajstić information content (AvgIpc) is 2.23. The monoisotopic (exact) mass is 210 g/mol. The molecule has 2 heteroatoms. The van der Waals surface area contributed by atoms with Crippen molar-refractivity contribution in [1.29, 1.82) is 5.26 Å². The molecule has 0 amide bonds. The van der Waals surface area contributed by atoms with Crippen LogP contribution in [0.5, 0.6) is 0 Å². The standard InChI is InChI=1S/C13H26N2/c1-11(7-5-4-6-8-14)9-12(2)13(3)10-15/h11-13H,4-9,14H2,1-3H3/t11?,12?,13-/m0/s1. The fraction of sp³-hybridized carbons (Fsp3) is 0.923. The molecule has 0 aliphatic rings. The minimum absolute atomic E-state index is 0.191. The predicted molar refractivity (Wildman–Crippen MR) is 65.2 cm³/mol. The third kappa shape index (κ3) is 7.39. The molecule has 0 heterocycles. The van der Waals surface area contributed by atoms with E-state index in [1.165, 1.54) is 25.7 Å². The number of nitriles is 1. The Morgan fingerprint density at radius 1 is 1.13 bits per heavy atom. The molecule has 2 unspecified atom stereocenters. The summed E-state index contributed by atoms with van der Waals surface area (Å²) in [6.45, 7) is 7.31. The minimum atomic E-state index is 0.191. The van der Waals surface area contributed by atoms with Crippen molar-refractivity contribution in [2.24, 2.45) is 23.5 Å². The van der Waals surface area contributed by atoms with Crippen molar-refractivity contribution in [1.82, 2.24) is 0 Å². The first-order chi connectivity index (χ1) is 7.11. The van der Waals surface area contributed by atoms with Crippen LogP contribution in [-0.4, -0.2) is 6.54 Å². The lowest BCUT2D eigenvalue weighted by Crippen LogP contribution is -2.10. The van der Waals surface area contributed by atoms with Gasteiger partial charge in [0.05, 0.1) is 6.07 Å². The number of rotatable bonds is 8. The summed E-state index contributed by atoms with van der Waals surface area (Å²) in [7, 11) is 0. The molecule has 0 aromatic heterocycles. The van der Waals surface area contributed by atoms with Crippen LogP contribution < -0.4 is 5.73 Å². The Bertz CT molecular complexity index is 183. The molecule has 0 radical (unpaired) electrons. The van der Waals surface area contributed by atoms with Gasteiger partial charge in [-0.3, -0.25) is 0 Å². The van der Waals surface area contributed by atoms with Gasteiger partial charge in [-0.25, -0.2) is 0 Å². The van der Waals surface area contributed by atoms with Crippen LogP contribution in [0.1, 0.15) is 52.9 Å². The number of hydrogen-bond donors (Lipinski definition) is 1. The molecule has 2 nitrogen and oxygen atoms in total. The van der Waals surface area contributed by atoms with Crippen molar-refractivity contribution in [2.75, 3.05) is 6.54 Å². The SMILES string of the molecule is CC(CCCCCN)CC(C)[C@@H](C)C#N. The fourth-order valence-corrected chi connectivity index (χ4v) is 1.90. The normalized spacial score (nSPS) is 16.7. The van der Waals surface area contributed by atoms with Gasteiger partial charge < -0.3 is 5.73 Å². The first-order valence-corrected chi connectivity index (χ1v) is 6.21. The van der Waals surface area contributed by atoms with Gasteiger partial charge in [0.25, 0.3) is 0 Å². The van der Waals surface area contributed by atoms with Crippen LogP contribution in [0.4, 0.5) is 0 Å². The zero-order valence-electron chi connectivity index (χ0n) is 10.5. The molecular formula is C13H26N2. The lowest BCUT2D eigenvalue weighted by atomic mass is 9.86. The fourth-order valence-electron chi connectivity index (χ4n) is 1.90. The predicted octanol–water partition coefficient (Wildman–Crippen LogP) is 3.33. The number of nitrogens with two attached hydrogens (primary N) is 1. The second kappa shape index (κ2) is 8.73. The molecule has 0 rings (SSSR count). The van der Waals surface area contributed by atoms with E-state index in [0.717, 1.165) is 18.9 Å². The summed E-state index contributed by atoms with van der Waals surface area (Å²) in [6.07, 6.45) is 6.14. The molecule has 0 saturated heterocycles. The lowest BCUT2D eigenvalue weighted by molar-refractivity contribution is 0.339. The quantitative estimate of drug-likeness (QED) is 0.625. The van der Waals surface area contributed by atoms with Crippen molar-refractivity contribution in [3.63, 3.8) is 0 Å². The molecule has 15 heavy (non-hydrogen) atoms. The van der Waals surface area contributed by atoms with Crippen molar-refractivity contribution in [3.05, 3.63) is 0 Å². The van der Waals surface area contributed by atoms with Gasteiger partial charge >= 0.3 is 0 Å². The van der Waals surface area contributed by atoms with Crippen molar-refractivity contribution in [2.45, 2.75) is 52.9 Å². The van der Waals surface area contributed by atoms with E-state index in [1.807, 2.05) is 6.92 Å². The Kier molecular flexibility index (Phi) is 8.41. The summed E-state index contributed by atoms with van der Waals surface area (Å²) >= 11 is 0. The summed E-state index contributed by atoms with van der Waals surface area (Å²) in [5.74, 6) is 1.46. The Hall–Kier alpha value is -0.550. The van der Waals surface area contributed by atoms with Gasteiger partial charge in [0.15, 0.2) is 0 Å². The highest BCUT2D eigenvalue weighted by molar-refractivity contribution is 4.83. The topological polar surface area (TPSA) is 49.8 Å². The average molecular weight is 210 g/mol. The highest BCUT2D eigenvalue weighted by atomic mass is 14.5. The molecule has 2 N–H and O–H groups in total. The largest absolute Gasteiger partial charge is 0.330 e. The van der Waals surface area contributed by atoms with Gasteiger partial charge in [0, 0.05) is 5.92 Å². The molecule has 0 aromatic rings. The smallest absolute Gasteiger partial charge is 0.0655 e. The van der Waals surface area contributed by atoms with E-state index in [1.54, 1.807) is 0 Å². The number of hydrogen-bond acceptors (Lipinski definition) is 2. The van der Waals surface area contributed by atoms with E-state index in [-0.39, 0.29) is 5.92 Å². The van der Waals surface area contributed by atoms with E-state index < -0.39 is 0 Å². The third-order valence-corrected chi connectivity index (χ3v) is 3.23. The van der Waals surface area contributed by atoms with E-state index in [4.69, 9.17) is 11.0 Å². The molecular weight excluding hydrogens is 184 g/mol. The van der Waals surface area contributed by atoms with Crippen LogP contribution in [0.3, 0.4) is 0 Å². The highest BCUT2D eigenvalue weighted by Crippen LogP contribution is 2.23. The van der Waals surface area contributed by atoms with E-state index >= 15 is 0 Å². The summed E-state index contributed by atoms with van der Waals surface area (Å²) in [4.78, 5) is 0. The van der Waals surface area contributed by atoms with Crippen LogP contribution in [-0.2, 0) is 0 Å². The minimum Gasteiger partial charge on any atom is -0.330 e. The third-order valence-electron chi connectivity index (χ3n) is 3.23. The van der Waals surface area contributed by atoms with Gasteiger partial charge in [0.1, 0.15) is 0 Å². The maximum atomic E-state index is 8.80. The molecule has 0 spiro atoms. The summed E-state index contributed by atoms with van der Waals surface area (Å²) in [6, 6.07) is 2.33. The van der Waals surface area contributed by atoms with Crippen LogP contribution in [0.2, 0.25) is 0 Å². The van der Waals surface area contributed by atoms with Gasteiger partial charge in [-0.1, -0.05) is 33.1 Å². The number of unbranched alkanes of at least 4 members (excludes halogenated alkanes) is 2. The molecule has 0 fully saturated rings. The second-order valence-electron chi connectivity index (χ2n) is 4.87.